The van der Waals surface area contributed by atoms with E-state index in [1.54, 1.807) is 12.1 Å². The van der Waals surface area contributed by atoms with Gasteiger partial charge in [0, 0.05) is 19.2 Å². The van der Waals surface area contributed by atoms with E-state index < -0.39 is 17.3 Å². The fourth-order valence-electron chi connectivity index (χ4n) is 2.11. The van der Waals surface area contributed by atoms with E-state index in [1.165, 1.54) is 6.92 Å². The highest BCUT2D eigenvalue weighted by molar-refractivity contribution is 6.04. The van der Waals surface area contributed by atoms with Gasteiger partial charge in [-0.15, -0.1) is 0 Å². The number of carbonyl (C=O) groups excluding carboxylic acids is 2. The molecule has 0 aliphatic heterocycles. The summed E-state index contributed by atoms with van der Waals surface area (Å²) in [5, 5.41) is 14.3. The molecule has 0 bridgehead atoms. The van der Waals surface area contributed by atoms with Crippen molar-refractivity contribution < 1.29 is 19.5 Å². The van der Waals surface area contributed by atoms with E-state index in [-0.39, 0.29) is 5.91 Å². The van der Waals surface area contributed by atoms with E-state index >= 15 is 0 Å². The molecule has 1 aromatic rings. The molecule has 0 spiro atoms. The zero-order chi connectivity index (χ0) is 15.5. The Morgan fingerprint density at radius 1 is 1.19 bits per heavy atom. The molecule has 1 aliphatic carbocycles. The van der Waals surface area contributed by atoms with E-state index in [4.69, 9.17) is 5.11 Å². The van der Waals surface area contributed by atoms with Gasteiger partial charge in [0.1, 0.15) is 5.41 Å². The van der Waals surface area contributed by atoms with Gasteiger partial charge in [0.05, 0.1) is 0 Å². The van der Waals surface area contributed by atoms with Gasteiger partial charge in [-0.05, 0) is 37.0 Å². The number of aliphatic carboxylic acids is 1. The Hall–Kier alpha value is -2.37. The van der Waals surface area contributed by atoms with Crippen LogP contribution in [0.5, 0.6) is 0 Å². The van der Waals surface area contributed by atoms with E-state index in [0.29, 0.717) is 25.8 Å². The summed E-state index contributed by atoms with van der Waals surface area (Å²) in [5.74, 6) is -1.57. The van der Waals surface area contributed by atoms with Gasteiger partial charge in [0.25, 0.3) is 0 Å². The minimum atomic E-state index is -1.19. The third-order valence-corrected chi connectivity index (χ3v) is 3.57. The molecule has 6 heteroatoms. The van der Waals surface area contributed by atoms with Gasteiger partial charge >= 0.3 is 5.97 Å². The van der Waals surface area contributed by atoms with Crippen molar-refractivity contribution in [3.63, 3.8) is 0 Å². The first kappa shape index (κ1) is 15.0. The zero-order valence-corrected chi connectivity index (χ0v) is 11.8. The second kappa shape index (κ2) is 5.95. The van der Waals surface area contributed by atoms with Gasteiger partial charge in [-0.2, -0.15) is 0 Å². The van der Waals surface area contributed by atoms with E-state index in [0.717, 1.165) is 11.3 Å². The van der Waals surface area contributed by atoms with Crippen LogP contribution in [0.1, 0.15) is 25.3 Å². The Balaban J connectivity index is 1.80. The second-order valence-electron chi connectivity index (χ2n) is 5.27. The molecular weight excluding hydrogens is 272 g/mol. The number of anilines is 1. The summed E-state index contributed by atoms with van der Waals surface area (Å²) in [6.07, 6.45) is 1.45. The van der Waals surface area contributed by atoms with Crippen LogP contribution in [0.15, 0.2) is 24.3 Å². The molecule has 2 amide bonds. The molecule has 0 aromatic heterocycles. The van der Waals surface area contributed by atoms with Crippen molar-refractivity contribution in [2.24, 2.45) is 5.41 Å². The molecule has 1 aromatic carbocycles. The maximum Gasteiger partial charge on any atom is 0.319 e. The predicted molar refractivity (Wildman–Crippen MR) is 76.8 cm³/mol. The number of carboxylic acids is 1. The first-order valence-electron chi connectivity index (χ1n) is 6.82. The lowest BCUT2D eigenvalue weighted by molar-refractivity contribution is -0.149. The van der Waals surface area contributed by atoms with Crippen LogP contribution in [0, 0.1) is 5.41 Å². The number of benzene rings is 1. The summed E-state index contributed by atoms with van der Waals surface area (Å²) in [7, 11) is 0. The highest BCUT2D eigenvalue weighted by Gasteiger charge is 2.56. The first-order valence-corrected chi connectivity index (χ1v) is 6.82. The van der Waals surface area contributed by atoms with Crippen LogP contribution < -0.4 is 10.6 Å². The molecule has 3 N–H and O–H groups in total. The molecule has 2 rings (SSSR count). The van der Waals surface area contributed by atoms with Crippen molar-refractivity contribution >= 4 is 23.5 Å². The summed E-state index contributed by atoms with van der Waals surface area (Å²) in [6.45, 7) is 1.84. The fraction of sp³-hybridized carbons (Fsp3) is 0.400. The van der Waals surface area contributed by atoms with Crippen LogP contribution in [0.25, 0.3) is 0 Å². The van der Waals surface area contributed by atoms with Crippen molar-refractivity contribution in [2.75, 3.05) is 11.9 Å². The maximum absolute atomic E-state index is 11.8. The normalized spacial score (nSPS) is 15.1. The van der Waals surface area contributed by atoms with Crippen LogP contribution in [-0.2, 0) is 20.8 Å². The number of carboxylic acid groups (broad SMARTS) is 1. The Morgan fingerprint density at radius 3 is 2.29 bits per heavy atom. The quantitative estimate of drug-likeness (QED) is 0.685. The summed E-state index contributed by atoms with van der Waals surface area (Å²) in [5.41, 5.74) is 0.539. The highest BCUT2D eigenvalue weighted by Crippen LogP contribution is 2.45. The number of hydrogen-bond donors (Lipinski definition) is 3. The average molecular weight is 290 g/mol. The lowest BCUT2D eigenvalue weighted by atomic mass is 10.1. The standard InChI is InChI=1S/C15H18N2O4/c1-10(18)17-12-4-2-11(3-5-12)6-9-16-13(19)15(7-8-15)14(20)21/h2-5H,6-9H2,1H3,(H,16,19)(H,17,18)(H,20,21). The molecule has 1 aliphatic rings. The Bertz CT molecular complexity index is 562. The van der Waals surface area contributed by atoms with Crippen LogP contribution in [0.2, 0.25) is 0 Å². The third-order valence-electron chi connectivity index (χ3n) is 3.57. The average Bonchev–Trinajstić information content (AvgIpc) is 3.21. The number of carbonyl (C=O) groups is 3. The van der Waals surface area contributed by atoms with Crippen LogP contribution in [0.4, 0.5) is 5.69 Å². The molecule has 6 nitrogen and oxygen atoms in total. The summed E-state index contributed by atoms with van der Waals surface area (Å²) < 4.78 is 0. The molecule has 0 heterocycles. The summed E-state index contributed by atoms with van der Waals surface area (Å²) in [6, 6.07) is 7.30. The predicted octanol–water partition coefficient (Wildman–Crippen LogP) is 1.17. The van der Waals surface area contributed by atoms with Crippen molar-refractivity contribution in [1.82, 2.24) is 5.32 Å². The number of rotatable bonds is 6. The van der Waals surface area contributed by atoms with E-state index in [9.17, 15) is 14.4 Å². The van der Waals surface area contributed by atoms with E-state index in [1.807, 2.05) is 12.1 Å². The van der Waals surface area contributed by atoms with Gasteiger partial charge in [-0.3, -0.25) is 14.4 Å². The maximum atomic E-state index is 11.8. The minimum absolute atomic E-state index is 0.126. The number of amides is 2. The van der Waals surface area contributed by atoms with Gasteiger partial charge in [-0.1, -0.05) is 12.1 Å². The van der Waals surface area contributed by atoms with Gasteiger partial charge in [-0.25, -0.2) is 0 Å². The molecule has 0 radical (unpaired) electrons. The monoisotopic (exact) mass is 290 g/mol. The molecule has 0 saturated heterocycles. The zero-order valence-electron chi connectivity index (χ0n) is 11.8. The molecule has 0 unspecified atom stereocenters. The van der Waals surface area contributed by atoms with Crippen molar-refractivity contribution in [1.29, 1.82) is 0 Å². The summed E-state index contributed by atoms with van der Waals surface area (Å²) >= 11 is 0. The number of hydrogen-bond acceptors (Lipinski definition) is 3. The fourth-order valence-corrected chi connectivity index (χ4v) is 2.11. The smallest absolute Gasteiger partial charge is 0.319 e. The number of nitrogens with one attached hydrogen (secondary N) is 2. The lowest BCUT2D eigenvalue weighted by Crippen LogP contribution is -2.37. The van der Waals surface area contributed by atoms with E-state index in [2.05, 4.69) is 10.6 Å². The molecule has 0 atom stereocenters. The molecule has 21 heavy (non-hydrogen) atoms. The van der Waals surface area contributed by atoms with Crippen molar-refractivity contribution in [3.8, 4) is 0 Å². The summed E-state index contributed by atoms with van der Waals surface area (Å²) in [4.78, 5) is 33.7. The Labute approximate surface area is 122 Å². The third kappa shape index (κ3) is 3.59. The van der Waals surface area contributed by atoms with Crippen molar-refractivity contribution in [2.45, 2.75) is 26.2 Å². The Morgan fingerprint density at radius 2 is 1.81 bits per heavy atom. The van der Waals surface area contributed by atoms with Crippen LogP contribution >= 0.6 is 0 Å². The lowest BCUT2D eigenvalue weighted by Gasteiger charge is -2.11. The van der Waals surface area contributed by atoms with Crippen LogP contribution in [-0.4, -0.2) is 29.4 Å². The first-order chi connectivity index (χ1) is 9.94. The Kier molecular flexibility index (Phi) is 4.26. The van der Waals surface area contributed by atoms with Gasteiger partial charge in [0.15, 0.2) is 0 Å². The molecule has 1 saturated carbocycles. The second-order valence-corrected chi connectivity index (χ2v) is 5.27. The van der Waals surface area contributed by atoms with Crippen LogP contribution in [0.3, 0.4) is 0 Å². The molecule has 1 fully saturated rings. The van der Waals surface area contributed by atoms with Gasteiger partial charge in [0.2, 0.25) is 11.8 Å². The highest BCUT2D eigenvalue weighted by atomic mass is 16.4. The molecule has 112 valence electrons. The molecular formula is C15H18N2O4. The topological polar surface area (TPSA) is 95.5 Å². The van der Waals surface area contributed by atoms with Gasteiger partial charge < -0.3 is 15.7 Å². The largest absolute Gasteiger partial charge is 0.480 e. The minimum Gasteiger partial charge on any atom is -0.480 e. The SMILES string of the molecule is CC(=O)Nc1ccc(CCNC(=O)C2(C(=O)O)CC2)cc1. The van der Waals surface area contributed by atoms with Crippen molar-refractivity contribution in [3.05, 3.63) is 29.8 Å².